The Balaban J connectivity index is 2.33. The van der Waals surface area contributed by atoms with E-state index in [1.807, 2.05) is 0 Å². The average molecular weight is 184 g/mol. The second kappa shape index (κ2) is 4.71. The van der Waals surface area contributed by atoms with Crippen LogP contribution in [0, 0.1) is 0 Å². The van der Waals surface area contributed by atoms with Gasteiger partial charge in [0.25, 0.3) is 0 Å². The van der Waals surface area contributed by atoms with E-state index in [4.69, 9.17) is 5.73 Å². The van der Waals surface area contributed by atoms with Gasteiger partial charge in [-0.05, 0) is 6.42 Å². The lowest BCUT2D eigenvalue weighted by Gasteiger charge is -1.90. The molecule has 0 aromatic carbocycles. The minimum absolute atomic E-state index is 0.548. The van der Waals surface area contributed by atoms with Crippen molar-refractivity contribution in [3.05, 3.63) is 5.38 Å². The molecular formula is C7H12N4S. The molecule has 66 valence electrons. The summed E-state index contributed by atoms with van der Waals surface area (Å²) in [6.07, 6.45) is 2.71. The van der Waals surface area contributed by atoms with Crippen LogP contribution in [0.3, 0.4) is 0 Å². The van der Waals surface area contributed by atoms with Gasteiger partial charge in [-0.25, -0.2) is 4.98 Å². The SMILES string of the molecule is CCCN=CNc1nc(N)cs1. The molecule has 0 saturated carbocycles. The predicted octanol–water partition coefficient (Wildman–Crippen LogP) is 1.58. The van der Waals surface area contributed by atoms with Crippen molar-refractivity contribution in [2.75, 3.05) is 17.6 Å². The second-order valence-electron chi connectivity index (χ2n) is 2.26. The van der Waals surface area contributed by atoms with Crippen molar-refractivity contribution in [2.45, 2.75) is 13.3 Å². The Morgan fingerprint density at radius 2 is 2.67 bits per heavy atom. The molecule has 0 aliphatic rings. The minimum atomic E-state index is 0.548. The summed E-state index contributed by atoms with van der Waals surface area (Å²) < 4.78 is 0. The van der Waals surface area contributed by atoms with E-state index in [1.165, 1.54) is 11.3 Å². The number of hydrogen-bond acceptors (Lipinski definition) is 4. The van der Waals surface area contributed by atoms with Crippen LogP contribution < -0.4 is 11.1 Å². The Morgan fingerprint density at radius 1 is 1.83 bits per heavy atom. The highest BCUT2D eigenvalue weighted by molar-refractivity contribution is 7.14. The topological polar surface area (TPSA) is 63.3 Å². The molecule has 1 heterocycles. The number of nitrogens with zero attached hydrogens (tertiary/aromatic N) is 2. The lowest BCUT2D eigenvalue weighted by Crippen LogP contribution is -1.95. The molecule has 1 aromatic heterocycles. The lowest BCUT2D eigenvalue weighted by molar-refractivity contribution is 0.936. The number of anilines is 2. The van der Waals surface area contributed by atoms with E-state index < -0.39 is 0 Å². The zero-order valence-electron chi connectivity index (χ0n) is 6.95. The van der Waals surface area contributed by atoms with Gasteiger partial charge in [-0.3, -0.25) is 4.99 Å². The van der Waals surface area contributed by atoms with Crippen LogP contribution in [0.4, 0.5) is 10.9 Å². The van der Waals surface area contributed by atoms with Crippen LogP contribution in [-0.4, -0.2) is 17.9 Å². The van der Waals surface area contributed by atoms with E-state index in [-0.39, 0.29) is 0 Å². The van der Waals surface area contributed by atoms with Crippen LogP contribution in [0.15, 0.2) is 10.4 Å². The maximum absolute atomic E-state index is 5.42. The van der Waals surface area contributed by atoms with Crippen molar-refractivity contribution in [1.82, 2.24) is 4.98 Å². The van der Waals surface area contributed by atoms with Crippen LogP contribution in [0.5, 0.6) is 0 Å². The van der Waals surface area contributed by atoms with Gasteiger partial charge in [0.2, 0.25) is 0 Å². The number of aliphatic imine (C=N–C) groups is 1. The largest absolute Gasteiger partial charge is 0.383 e. The summed E-state index contributed by atoms with van der Waals surface area (Å²) in [7, 11) is 0. The monoisotopic (exact) mass is 184 g/mol. The minimum Gasteiger partial charge on any atom is -0.383 e. The van der Waals surface area contributed by atoms with Crippen LogP contribution in [0.25, 0.3) is 0 Å². The van der Waals surface area contributed by atoms with Crippen molar-refractivity contribution < 1.29 is 0 Å². The zero-order chi connectivity index (χ0) is 8.81. The molecule has 0 atom stereocenters. The fourth-order valence-electron chi connectivity index (χ4n) is 0.647. The third-order valence-corrected chi connectivity index (χ3v) is 1.95. The summed E-state index contributed by atoms with van der Waals surface area (Å²) in [5.41, 5.74) is 5.42. The van der Waals surface area contributed by atoms with Crippen molar-refractivity contribution in [2.24, 2.45) is 4.99 Å². The van der Waals surface area contributed by atoms with E-state index in [1.54, 1.807) is 11.7 Å². The lowest BCUT2D eigenvalue weighted by atomic mass is 10.5. The summed E-state index contributed by atoms with van der Waals surface area (Å²) in [5.74, 6) is 0.548. The van der Waals surface area contributed by atoms with Crippen LogP contribution in [0.1, 0.15) is 13.3 Å². The Bertz CT molecular complexity index is 256. The number of nitrogens with two attached hydrogens (primary N) is 1. The summed E-state index contributed by atoms with van der Waals surface area (Å²) >= 11 is 1.47. The normalized spacial score (nSPS) is 10.8. The number of nitrogens with one attached hydrogen (secondary N) is 1. The molecule has 5 heteroatoms. The first kappa shape index (κ1) is 8.99. The molecule has 0 aliphatic carbocycles. The van der Waals surface area contributed by atoms with Crippen molar-refractivity contribution in [1.29, 1.82) is 0 Å². The molecule has 0 spiro atoms. The van der Waals surface area contributed by atoms with E-state index in [0.29, 0.717) is 5.82 Å². The smallest absolute Gasteiger partial charge is 0.189 e. The summed E-state index contributed by atoms with van der Waals surface area (Å²) in [6.45, 7) is 2.92. The van der Waals surface area contributed by atoms with Gasteiger partial charge in [0, 0.05) is 11.9 Å². The second-order valence-corrected chi connectivity index (χ2v) is 3.12. The first-order valence-corrected chi connectivity index (χ1v) is 4.66. The van der Waals surface area contributed by atoms with E-state index >= 15 is 0 Å². The van der Waals surface area contributed by atoms with Crippen LogP contribution in [0.2, 0.25) is 0 Å². The zero-order valence-corrected chi connectivity index (χ0v) is 7.77. The molecule has 0 aliphatic heterocycles. The highest BCUT2D eigenvalue weighted by Gasteiger charge is 1.93. The fourth-order valence-corrected chi connectivity index (χ4v) is 1.21. The molecule has 0 radical (unpaired) electrons. The third-order valence-electron chi connectivity index (χ3n) is 1.15. The van der Waals surface area contributed by atoms with Crippen LogP contribution >= 0.6 is 11.3 Å². The number of aromatic nitrogens is 1. The number of nitrogen functional groups attached to an aromatic ring is 1. The Labute approximate surface area is 75.5 Å². The average Bonchev–Trinajstić information content (AvgIpc) is 2.45. The van der Waals surface area contributed by atoms with Gasteiger partial charge in [0.1, 0.15) is 5.82 Å². The Morgan fingerprint density at radius 3 is 3.25 bits per heavy atom. The first-order chi connectivity index (χ1) is 5.83. The molecule has 0 bridgehead atoms. The third kappa shape index (κ3) is 2.87. The number of thiazole rings is 1. The molecule has 4 nitrogen and oxygen atoms in total. The number of hydrogen-bond donors (Lipinski definition) is 2. The summed E-state index contributed by atoms with van der Waals surface area (Å²) in [6, 6.07) is 0. The van der Waals surface area contributed by atoms with Gasteiger partial charge in [0.15, 0.2) is 5.13 Å². The van der Waals surface area contributed by atoms with Gasteiger partial charge in [-0.15, -0.1) is 11.3 Å². The van der Waals surface area contributed by atoms with Crippen molar-refractivity contribution in [3.63, 3.8) is 0 Å². The molecule has 1 rings (SSSR count). The van der Waals surface area contributed by atoms with Crippen LogP contribution in [-0.2, 0) is 0 Å². The summed E-state index contributed by atoms with van der Waals surface area (Å²) in [5, 5.41) is 5.51. The maximum Gasteiger partial charge on any atom is 0.189 e. The van der Waals surface area contributed by atoms with E-state index in [0.717, 1.165) is 18.1 Å². The molecule has 1 aromatic rings. The summed E-state index contributed by atoms with van der Waals surface area (Å²) in [4.78, 5) is 8.09. The molecule has 0 saturated heterocycles. The fraction of sp³-hybridized carbons (Fsp3) is 0.429. The van der Waals surface area contributed by atoms with E-state index in [2.05, 4.69) is 22.2 Å². The van der Waals surface area contributed by atoms with Gasteiger partial charge in [0.05, 0.1) is 6.34 Å². The van der Waals surface area contributed by atoms with Crippen molar-refractivity contribution >= 4 is 28.6 Å². The number of rotatable bonds is 4. The Kier molecular flexibility index (Phi) is 3.53. The van der Waals surface area contributed by atoms with Gasteiger partial charge >= 0.3 is 0 Å². The van der Waals surface area contributed by atoms with E-state index in [9.17, 15) is 0 Å². The highest BCUT2D eigenvalue weighted by Crippen LogP contribution is 2.14. The molecule has 0 unspecified atom stereocenters. The Hall–Kier alpha value is -1.10. The van der Waals surface area contributed by atoms with Gasteiger partial charge in [-0.2, -0.15) is 0 Å². The van der Waals surface area contributed by atoms with Gasteiger partial charge in [-0.1, -0.05) is 6.92 Å². The van der Waals surface area contributed by atoms with Crippen molar-refractivity contribution in [3.8, 4) is 0 Å². The predicted molar refractivity (Wildman–Crippen MR) is 53.8 cm³/mol. The quantitative estimate of drug-likeness (QED) is 0.551. The molecule has 3 N–H and O–H groups in total. The molecule has 12 heavy (non-hydrogen) atoms. The molecule has 0 amide bonds. The van der Waals surface area contributed by atoms with Gasteiger partial charge < -0.3 is 11.1 Å². The molecular weight excluding hydrogens is 172 g/mol. The first-order valence-electron chi connectivity index (χ1n) is 3.78. The maximum atomic E-state index is 5.42. The molecule has 0 fully saturated rings. The standard InChI is InChI=1S/C7H12N4S/c1-2-3-9-5-10-7-11-6(8)4-12-7/h4-5H,2-3,8H2,1H3,(H,9,10,11). The highest BCUT2D eigenvalue weighted by atomic mass is 32.1.